The van der Waals surface area contributed by atoms with Gasteiger partial charge in [-0.25, -0.2) is 9.97 Å². The van der Waals surface area contributed by atoms with Crippen LogP contribution in [0.3, 0.4) is 0 Å². The van der Waals surface area contributed by atoms with Crippen LogP contribution in [0.4, 0.5) is 5.13 Å². The summed E-state index contributed by atoms with van der Waals surface area (Å²) in [6, 6.07) is 10.1. The van der Waals surface area contributed by atoms with E-state index in [0.29, 0.717) is 10.3 Å². The topological polar surface area (TPSA) is 80.7 Å². The molecule has 0 fully saturated rings. The molecule has 0 spiro atoms. The Morgan fingerprint density at radius 1 is 1.28 bits per heavy atom. The number of nitrogens with zero attached hydrogens (tertiary/aromatic N) is 4. The van der Waals surface area contributed by atoms with Crippen molar-refractivity contribution in [3.8, 4) is 0 Å². The number of amides is 1. The smallest absolute Gasteiger partial charge is 0.277 e. The zero-order valence-electron chi connectivity index (χ0n) is 13.0. The van der Waals surface area contributed by atoms with Gasteiger partial charge in [0.1, 0.15) is 0 Å². The molecule has 0 radical (unpaired) electrons. The van der Waals surface area contributed by atoms with Gasteiger partial charge in [-0.3, -0.25) is 10.1 Å². The molecule has 6 nitrogen and oxygen atoms in total. The molecule has 0 bridgehead atoms. The van der Waals surface area contributed by atoms with E-state index in [0.717, 1.165) is 10.1 Å². The van der Waals surface area contributed by atoms with Crippen LogP contribution in [0.1, 0.15) is 16.1 Å². The second-order valence-corrected chi connectivity index (χ2v) is 8.04. The van der Waals surface area contributed by atoms with Gasteiger partial charge in [-0.2, -0.15) is 0 Å². The lowest BCUT2D eigenvalue weighted by Gasteiger charge is -2.03. The first-order chi connectivity index (χ1) is 12.2. The van der Waals surface area contributed by atoms with Gasteiger partial charge in [0.25, 0.3) is 5.91 Å². The molecule has 25 heavy (non-hydrogen) atoms. The third kappa shape index (κ3) is 4.91. The molecular formula is C15H12ClN5OS3. The van der Waals surface area contributed by atoms with E-state index in [1.54, 1.807) is 11.8 Å². The van der Waals surface area contributed by atoms with E-state index in [1.807, 2.05) is 24.5 Å². The summed E-state index contributed by atoms with van der Waals surface area (Å²) in [5.41, 5.74) is 1.32. The van der Waals surface area contributed by atoms with Gasteiger partial charge in [0, 0.05) is 5.75 Å². The average molecular weight is 410 g/mol. The van der Waals surface area contributed by atoms with E-state index in [2.05, 4.69) is 37.6 Å². The number of hydrogen-bond donors (Lipinski definition) is 1. The van der Waals surface area contributed by atoms with Crippen molar-refractivity contribution in [1.29, 1.82) is 0 Å². The van der Waals surface area contributed by atoms with Gasteiger partial charge in [-0.05, 0) is 11.8 Å². The van der Waals surface area contributed by atoms with E-state index in [9.17, 15) is 4.79 Å². The maximum Gasteiger partial charge on any atom is 0.277 e. The first kappa shape index (κ1) is 18.1. The lowest BCUT2D eigenvalue weighted by atomic mass is 10.2. The average Bonchev–Trinajstić information content (AvgIpc) is 3.08. The zero-order chi connectivity index (χ0) is 17.6. The minimum Gasteiger partial charge on any atom is -0.295 e. The summed E-state index contributed by atoms with van der Waals surface area (Å²) >= 11 is 10.2. The van der Waals surface area contributed by atoms with Gasteiger partial charge in [-0.15, -0.1) is 10.2 Å². The van der Waals surface area contributed by atoms with Crippen molar-refractivity contribution in [3.05, 3.63) is 52.8 Å². The third-order valence-electron chi connectivity index (χ3n) is 2.95. The number of thioether (sulfide) groups is 2. The summed E-state index contributed by atoms with van der Waals surface area (Å²) in [6.07, 6.45) is 3.24. The Kier molecular flexibility index (Phi) is 6.24. The van der Waals surface area contributed by atoms with Gasteiger partial charge in [0.05, 0.1) is 11.2 Å². The maximum atomic E-state index is 12.3. The third-order valence-corrected chi connectivity index (χ3v) is 5.83. The first-order valence-corrected chi connectivity index (χ1v) is 10.4. The van der Waals surface area contributed by atoms with Crippen molar-refractivity contribution < 1.29 is 4.79 Å². The molecule has 3 rings (SSSR count). The SMILES string of the molecule is CSc1ncc(Cl)c(C(=O)Nc2nnc(SCc3ccccc3)s2)n1. The van der Waals surface area contributed by atoms with Crippen LogP contribution in [-0.2, 0) is 5.75 Å². The predicted molar refractivity (Wildman–Crippen MR) is 103 cm³/mol. The molecule has 0 aliphatic heterocycles. The second-order valence-electron chi connectivity index (χ2n) is 4.65. The summed E-state index contributed by atoms with van der Waals surface area (Å²) in [7, 11) is 0. The number of aromatic nitrogens is 4. The largest absolute Gasteiger partial charge is 0.295 e. The molecule has 0 aliphatic rings. The van der Waals surface area contributed by atoms with Crippen molar-refractivity contribution in [2.75, 3.05) is 11.6 Å². The summed E-state index contributed by atoms with van der Waals surface area (Å²) < 4.78 is 0.776. The standard InChI is InChI=1S/C15H12ClN5OS3/c1-23-13-17-7-10(16)11(18-13)12(22)19-14-20-21-15(25-14)24-8-9-5-3-2-4-6-9/h2-7H,8H2,1H3,(H,19,20,22). The first-order valence-electron chi connectivity index (χ1n) is 7.04. The van der Waals surface area contributed by atoms with Gasteiger partial charge >= 0.3 is 0 Å². The van der Waals surface area contributed by atoms with E-state index in [1.165, 1.54) is 34.9 Å². The predicted octanol–water partition coefficient (Wildman–Crippen LogP) is 4.25. The number of rotatable bonds is 6. The van der Waals surface area contributed by atoms with Crippen LogP contribution < -0.4 is 5.32 Å². The van der Waals surface area contributed by atoms with Crippen LogP contribution >= 0.6 is 46.5 Å². The number of benzene rings is 1. The molecule has 0 atom stereocenters. The molecule has 3 aromatic rings. The van der Waals surface area contributed by atoms with Crippen LogP contribution in [0, 0.1) is 0 Å². The van der Waals surface area contributed by atoms with Crippen molar-refractivity contribution in [2.45, 2.75) is 15.2 Å². The number of halogens is 1. The van der Waals surface area contributed by atoms with E-state index in [-0.39, 0.29) is 10.7 Å². The van der Waals surface area contributed by atoms with Crippen molar-refractivity contribution in [2.24, 2.45) is 0 Å². The van der Waals surface area contributed by atoms with Crippen molar-refractivity contribution >= 4 is 57.5 Å². The highest BCUT2D eigenvalue weighted by atomic mass is 35.5. The second kappa shape index (κ2) is 8.61. The Morgan fingerprint density at radius 3 is 2.84 bits per heavy atom. The molecular weight excluding hydrogens is 398 g/mol. The molecule has 0 saturated heterocycles. The monoisotopic (exact) mass is 409 g/mol. The molecule has 2 heterocycles. The Morgan fingerprint density at radius 2 is 2.08 bits per heavy atom. The molecule has 0 saturated carbocycles. The van der Waals surface area contributed by atoms with Gasteiger partial charge in [0.15, 0.2) is 15.2 Å². The van der Waals surface area contributed by atoms with E-state index >= 15 is 0 Å². The lowest BCUT2D eigenvalue weighted by Crippen LogP contribution is -2.15. The Bertz CT molecular complexity index is 875. The van der Waals surface area contributed by atoms with Gasteiger partial charge in [0.2, 0.25) is 5.13 Å². The van der Waals surface area contributed by atoms with Crippen molar-refractivity contribution in [1.82, 2.24) is 20.2 Å². The summed E-state index contributed by atoms with van der Waals surface area (Å²) in [5.74, 6) is 0.358. The fourth-order valence-electron chi connectivity index (χ4n) is 1.80. The molecule has 1 amide bonds. The minimum absolute atomic E-state index is 0.120. The number of nitrogens with one attached hydrogen (secondary N) is 1. The quantitative estimate of drug-likeness (QED) is 0.370. The van der Waals surface area contributed by atoms with Crippen LogP contribution in [-0.4, -0.2) is 32.3 Å². The van der Waals surface area contributed by atoms with Gasteiger partial charge in [-0.1, -0.05) is 76.8 Å². The Labute approximate surface area is 161 Å². The maximum absolute atomic E-state index is 12.3. The number of carbonyl (C=O) groups is 1. The normalized spacial score (nSPS) is 10.6. The number of anilines is 1. The van der Waals surface area contributed by atoms with Crippen LogP contribution in [0.2, 0.25) is 5.02 Å². The summed E-state index contributed by atoms with van der Waals surface area (Å²) in [6.45, 7) is 0. The van der Waals surface area contributed by atoms with E-state index < -0.39 is 5.91 Å². The Hall–Kier alpha value is -1.68. The highest BCUT2D eigenvalue weighted by molar-refractivity contribution is 8.00. The fraction of sp³-hybridized carbons (Fsp3) is 0.133. The molecule has 128 valence electrons. The highest BCUT2D eigenvalue weighted by Crippen LogP contribution is 2.28. The van der Waals surface area contributed by atoms with Crippen LogP contribution in [0.15, 0.2) is 46.0 Å². The molecule has 1 N–H and O–H groups in total. The summed E-state index contributed by atoms with van der Waals surface area (Å²) in [5, 5.41) is 11.8. The summed E-state index contributed by atoms with van der Waals surface area (Å²) in [4.78, 5) is 20.5. The van der Waals surface area contributed by atoms with Crippen LogP contribution in [0.5, 0.6) is 0 Å². The molecule has 2 aromatic heterocycles. The highest BCUT2D eigenvalue weighted by Gasteiger charge is 2.16. The number of hydrogen-bond acceptors (Lipinski definition) is 8. The molecule has 0 aliphatic carbocycles. The zero-order valence-corrected chi connectivity index (χ0v) is 16.2. The van der Waals surface area contributed by atoms with Crippen LogP contribution in [0.25, 0.3) is 0 Å². The van der Waals surface area contributed by atoms with E-state index in [4.69, 9.17) is 11.6 Å². The molecule has 10 heteroatoms. The van der Waals surface area contributed by atoms with Gasteiger partial charge < -0.3 is 0 Å². The molecule has 0 unspecified atom stereocenters. The minimum atomic E-state index is -0.432. The van der Waals surface area contributed by atoms with Crippen molar-refractivity contribution in [3.63, 3.8) is 0 Å². The lowest BCUT2D eigenvalue weighted by molar-refractivity contribution is 0.102. The Balaban J connectivity index is 1.64. The number of carbonyl (C=O) groups excluding carboxylic acids is 1. The molecule has 1 aromatic carbocycles. The fourth-order valence-corrected chi connectivity index (χ4v) is 4.02.